The molecule has 2 N–H and O–H groups in total. The summed E-state index contributed by atoms with van der Waals surface area (Å²) in [4.78, 5) is 4.31. The molecule has 3 rings (SSSR count). The number of nitrogens with zero attached hydrogens (tertiary/aromatic N) is 3. The number of aliphatic hydroxyl groups excluding tert-OH is 1. The van der Waals surface area contributed by atoms with Crippen LogP contribution in [0, 0.1) is 5.92 Å². The number of benzene rings is 2. The van der Waals surface area contributed by atoms with Gasteiger partial charge in [0.2, 0.25) is 0 Å². The monoisotopic (exact) mass is 478 g/mol. The van der Waals surface area contributed by atoms with Gasteiger partial charge in [0.05, 0.1) is 30.6 Å². The van der Waals surface area contributed by atoms with E-state index in [1.165, 1.54) is 10.7 Å². The Labute approximate surface area is 196 Å². The lowest BCUT2D eigenvalue weighted by Crippen LogP contribution is -2.25. The molecule has 1 atom stereocenters. The van der Waals surface area contributed by atoms with Crippen LogP contribution in [-0.2, 0) is 10.9 Å². The van der Waals surface area contributed by atoms with E-state index < -0.39 is 17.8 Å². The van der Waals surface area contributed by atoms with Gasteiger partial charge in [-0.15, -0.1) is 5.10 Å². The molecule has 0 aliphatic heterocycles. The number of anilines is 1. The molecule has 184 valence electrons. The van der Waals surface area contributed by atoms with Gasteiger partial charge in [-0.05, 0) is 43.2 Å². The van der Waals surface area contributed by atoms with Crippen molar-refractivity contribution in [3.05, 3.63) is 54.1 Å². The molecule has 0 aliphatic rings. The zero-order valence-corrected chi connectivity index (χ0v) is 19.3. The van der Waals surface area contributed by atoms with Crippen molar-refractivity contribution in [1.29, 1.82) is 0 Å². The van der Waals surface area contributed by atoms with Crippen molar-refractivity contribution < 1.29 is 27.8 Å². The number of hydrogen-bond acceptors (Lipinski definition) is 6. The molecule has 0 saturated carbocycles. The first-order chi connectivity index (χ1) is 16.2. The summed E-state index contributed by atoms with van der Waals surface area (Å²) in [5.74, 6) is 0.598. The molecule has 0 fully saturated rings. The maximum atomic E-state index is 13.2. The highest BCUT2D eigenvalue weighted by Gasteiger charge is 2.31. The second kappa shape index (κ2) is 11.3. The second-order valence-corrected chi connectivity index (χ2v) is 8.16. The van der Waals surface area contributed by atoms with Gasteiger partial charge in [-0.25, -0.2) is 4.68 Å². The molecule has 10 heteroatoms. The standard InChI is InChI=1S/C24H29F3N4O3/c1-4-34-23-29-22(17-7-5-8-18(11-17)24(25,26)27)31(30-23)20-10-6-9-19(12-20)28-13-21(32)15-33-14-16(2)3/h5-12,16,21,28,32H,4,13-15H2,1-3H3. The zero-order valence-electron chi connectivity index (χ0n) is 19.3. The lowest BCUT2D eigenvalue weighted by Gasteiger charge is -2.15. The minimum atomic E-state index is -4.48. The molecule has 7 nitrogen and oxygen atoms in total. The van der Waals surface area contributed by atoms with Gasteiger partial charge in [0.15, 0.2) is 5.82 Å². The van der Waals surface area contributed by atoms with Crippen LogP contribution in [-0.4, -0.2) is 52.3 Å². The molecule has 34 heavy (non-hydrogen) atoms. The van der Waals surface area contributed by atoms with E-state index in [1.54, 1.807) is 31.2 Å². The first kappa shape index (κ1) is 25.5. The maximum Gasteiger partial charge on any atom is 0.416 e. The van der Waals surface area contributed by atoms with E-state index in [4.69, 9.17) is 9.47 Å². The van der Waals surface area contributed by atoms with Gasteiger partial charge in [0.1, 0.15) is 0 Å². The van der Waals surface area contributed by atoms with Gasteiger partial charge >= 0.3 is 12.2 Å². The summed E-state index contributed by atoms with van der Waals surface area (Å²) in [7, 11) is 0. The predicted molar refractivity (Wildman–Crippen MR) is 123 cm³/mol. The zero-order chi connectivity index (χ0) is 24.7. The molecule has 1 aromatic heterocycles. The molecule has 1 unspecified atom stereocenters. The quantitative estimate of drug-likeness (QED) is 0.412. The average Bonchev–Trinajstić information content (AvgIpc) is 3.21. The summed E-state index contributed by atoms with van der Waals surface area (Å²) in [6.07, 6.45) is -5.17. The summed E-state index contributed by atoms with van der Waals surface area (Å²) in [6, 6.07) is 12.1. The van der Waals surface area contributed by atoms with Crippen LogP contribution in [0.5, 0.6) is 6.01 Å². The Hall–Kier alpha value is -3.11. The first-order valence-electron chi connectivity index (χ1n) is 11.0. The topological polar surface area (TPSA) is 81.4 Å². The van der Waals surface area contributed by atoms with Crippen molar-refractivity contribution in [2.75, 3.05) is 31.7 Å². The van der Waals surface area contributed by atoms with Crippen LogP contribution in [0.2, 0.25) is 0 Å². The number of halogens is 3. The van der Waals surface area contributed by atoms with E-state index in [2.05, 4.69) is 15.4 Å². The fourth-order valence-electron chi connectivity index (χ4n) is 3.17. The predicted octanol–water partition coefficient (Wildman–Crippen LogP) is 4.80. The van der Waals surface area contributed by atoms with Gasteiger partial charge in [-0.3, -0.25) is 0 Å². The smallest absolute Gasteiger partial charge is 0.416 e. The van der Waals surface area contributed by atoms with Crippen LogP contribution in [0.3, 0.4) is 0 Å². The summed E-state index contributed by atoms with van der Waals surface area (Å²) in [5.41, 5.74) is 0.747. The van der Waals surface area contributed by atoms with Crippen LogP contribution >= 0.6 is 0 Å². The average molecular weight is 479 g/mol. The van der Waals surface area contributed by atoms with Crippen LogP contribution in [0.4, 0.5) is 18.9 Å². The third-order valence-electron chi connectivity index (χ3n) is 4.70. The Morgan fingerprint density at radius 1 is 1.09 bits per heavy atom. The Morgan fingerprint density at radius 3 is 2.56 bits per heavy atom. The van der Waals surface area contributed by atoms with Crippen molar-refractivity contribution in [2.24, 2.45) is 5.92 Å². The molecule has 0 radical (unpaired) electrons. The van der Waals surface area contributed by atoms with E-state index in [-0.39, 0.29) is 30.5 Å². The number of ether oxygens (including phenoxy) is 2. The molecule has 1 heterocycles. The minimum Gasteiger partial charge on any atom is -0.463 e. The molecule has 2 aromatic carbocycles. The summed E-state index contributed by atoms with van der Waals surface area (Å²) < 4.78 is 52.0. The van der Waals surface area contributed by atoms with E-state index in [1.807, 2.05) is 19.9 Å². The van der Waals surface area contributed by atoms with Crippen LogP contribution in [0.1, 0.15) is 26.3 Å². The second-order valence-electron chi connectivity index (χ2n) is 8.16. The molecular weight excluding hydrogens is 449 g/mol. The number of nitrogens with one attached hydrogen (secondary N) is 1. The third-order valence-corrected chi connectivity index (χ3v) is 4.70. The van der Waals surface area contributed by atoms with Crippen molar-refractivity contribution in [3.63, 3.8) is 0 Å². The SMILES string of the molecule is CCOc1nc(-c2cccc(C(F)(F)F)c2)n(-c2cccc(NCC(O)COCC(C)C)c2)n1. The Balaban J connectivity index is 1.84. The van der Waals surface area contributed by atoms with Crippen molar-refractivity contribution in [1.82, 2.24) is 14.8 Å². The molecule has 0 bridgehead atoms. The molecule has 0 saturated heterocycles. The highest BCUT2D eigenvalue weighted by Crippen LogP contribution is 2.33. The van der Waals surface area contributed by atoms with E-state index in [9.17, 15) is 18.3 Å². The van der Waals surface area contributed by atoms with E-state index in [0.717, 1.165) is 12.1 Å². The van der Waals surface area contributed by atoms with Crippen molar-refractivity contribution in [3.8, 4) is 23.1 Å². The van der Waals surface area contributed by atoms with Gasteiger partial charge in [-0.1, -0.05) is 32.0 Å². The van der Waals surface area contributed by atoms with E-state index >= 15 is 0 Å². The third kappa shape index (κ3) is 6.94. The fraction of sp³-hybridized carbons (Fsp3) is 0.417. The number of aromatic nitrogens is 3. The molecule has 0 aliphatic carbocycles. The lowest BCUT2D eigenvalue weighted by molar-refractivity contribution is -0.137. The molecule has 0 amide bonds. The normalized spacial score (nSPS) is 12.7. The minimum absolute atomic E-state index is 0.0611. The first-order valence-corrected chi connectivity index (χ1v) is 11.0. The van der Waals surface area contributed by atoms with Crippen LogP contribution in [0.15, 0.2) is 48.5 Å². The van der Waals surface area contributed by atoms with Crippen LogP contribution < -0.4 is 10.1 Å². The summed E-state index contributed by atoms with van der Waals surface area (Å²) >= 11 is 0. The van der Waals surface area contributed by atoms with Gasteiger partial charge in [0.25, 0.3) is 0 Å². The highest BCUT2D eigenvalue weighted by atomic mass is 19.4. The fourth-order valence-corrected chi connectivity index (χ4v) is 3.17. The Kier molecular flexibility index (Phi) is 8.51. The summed E-state index contributed by atoms with van der Waals surface area (Å²) in [6.45, 7) is 7.19. The molecule has 0 spiro atoms. The van der Waals surface area contributed by atoms with Crippen LogP contribution in [0.25, 0.3) is 17.1 Å². The summed E-state index contributed by atoms with van der Waals surface area (Å²) in [5, 5.41) is 17.6. The number of alkyl halides is 3. The number of hydrogen-bond donors (Lipinski definition) is 2. The molecule has 3 aromatic rings. The van der Waals surface area contributed by atoms with E-state index in [0.29, 0.717) is 30.5 Å². The van der Waals surface area contributed by atoms with Crippen molar-refractivity contribution in [2.45, 2.75) is 33.1 Å². The number of rotatable bonds is 11. The molecular formula is C24H29F3N4O3. The Bertz CT molecular complexity index is 1070. The largest absolute Gasteiger partial charge is 0.463 e. The van der Waals surface area contributed by atoms with Gasteiger partial charge in [0, 0.05) is 24.4 Å². The lowest BCUT2D eigenvalue weighted by atomic mass is 10.1. The maximum absolute atomic E-state index is 13.2. The van der Waals surface area contributed by atoms with Gasteiger partial charge < -0.3 is 19.9 Å². The van der Waals surface area contributed by atoms with Crippen molar-refractivity contribution >= 4 is 5.69 Å². The highest BCUT2D eigenvalue weighted by molar-refractivity contribution is 5.61. The Morgan fingerprint density at radius 2 is 1.85 bits per heavy atom. The number of aliphatic hydroxyl groups is 1. The van der Waals surface area contributed by atoms with Gasteiger partial charge in [-0.2, -0.15) is 18.2 Å².